The zero-order chi connectivity index (χ0) is 15.6. The van der Waals surface area contributed by atoms with E-state index in [1.54, 1.807) is 12.1 Å². The molecule has 1 heterocycles. The van der Waals surface area contributed by atoms with Crippen molar-refractivity contribution in [2.45, 2.75) is 0 Å². The zero-order valence-electron chi connectivity index (χ0n) is 11.2. The van der Waals surface area contributed by atoms with Crippen molar-refractivity contribution < 1.29 is 23.9 Å². The molecule has 0 atom stereocenters. The molecule has 2 N–H and O–H groups in total. The van der Waals surface area contributed by atoms with E-state index in [4.69, 9.17) is 9.47 Å². The first-order valence-corrected chi connectivity index (χ1v) is 6.55. The van der Waals surface area contributed by atoms with Crippen molar-refractivity contribution in [3.8, 4) is 11.5 Å². The fourth-order valence-corrected chi connectivity index (χ4v) is 2.42. The number of imide groups is 2. The summed E-state index contributed by atoms with van der Waals surface area (Å²) in [5.41, 5.74) is 0.364. The van der Waals surface area contributed by atoms with Gasteiger partial charge in [-0.1, -0.05) is 0 Å². The van der Waals surface area contributed by atoms with Gasteiger partial charge < -0.3 is 9.47 Å². The Labute approximate surface area is 128 Å². The van der Waals surface area contributed by atoms with Crippen LogP contribution < -0.4 is 20.1 Å². The molecule has 1 saturated heterocycles. The quantitative estimate of drug-likeness (QED) is 0.628. The summed E-state index contributed by atoms with van der Waals surface area (Å²) in [6.45, 7) is 0. The normalized spacial score (nSPS) is 14.4. The monoisotopic (exact) mass is 354 g/mol. The number of carbonyl (C=O) groups excluding carboxylic acids is 3. The highest BCUT2D eigenvalue weighted by molar-refractivity contribution is 9.10. The van der Waals surface area contributed by atoms with Gasteiger partial charge in [0.1, 0.15) is 5.57 Å². The number of nitrogens with one attached hydrogen (secondary N) is 2. The van der Waals surface area contributed by atoms with Crippen LogP contribution in [0, 0.1) is 0 Å². The van der Waals surface area contributed by atoms with Gasteiger partial charge in [0, 0.05) is 0 Å². The Morgan fingerprint density at radius 2 is 1.67 bits per heavy atom. The van der Waals surface area contributed by atoms with Crippen LogP contribution in [0.4, 0.5) is 4.79 Å². The molecule has 4 amide bonds. The van der Waals surface area contributed by atoms with E-state index in [0.29, 0.717) is 21.5 Å². The van der Waals surface area contributed by atoms with Crippen LogP contribution in [0.25, 0.3) is 6.08 Å². The van der Waals surface area contributed by atoms with Crippen LogP contribution in [-0.4, -0.2) is 32.1 Å². The van der Waals surface area contributed by atoms with E-state index < -0.39 is 17.8 Å². The standard InChI is InChI=1S/C13H11BrN2O5/c1-20-9-5-6(4-8(14)10(9)21-2)3-7-11(17)15-13(19)16-12(7)18/h3-5H,1-2H3,(H2,15,16,17,18,19). The number of benzene rings is 1. The Morgan fingerprint density at radius 1 is 1.05 bits per heavy atom. The summed E-state index contributed by atoms with van der Waals surface area (Å²) in [5, 5.41) is 4.00. The molecule has 0 aromatic heterocycles. The molecule has 1 aliphatic heterocycles. The number of amides is 4. The number of hydrogen-bond acceptors (Lipinski definition) is 5. The number of carbonyl (C=O) groups is 3. The van der Waals surface area contributed by atoms with Crippen molar-refractivity contribution in [1.29, 1.82) is 0 Å². The molecule has 1 aliphatic rings. The molecule has 0 saturated carbocycles. The van der Waals surface area contributed by atoms with Crippen LogP contribution >= 0.6 is 15.9 Å². The minimum atomic E-state index is -0.837. The highest BCUT2D eigenvalue weighted by Crippen LogP contribution is 2.36. The van der Waals surface area contributed by atoms with Gasteiger partial charge in [-0.2, -0.15) is 0 Å². The van der Waals surface area contributed by atoms with Crippen LogP contribution in [0.3, 0.4) is 0 Å². The molecule has 110 valence electrons. The maximum atomic E-state index is 11.7. The second kappa shape index (κ2) is 5.96. The van der Waals surface area contributed by atoms with Gasteiger partial charge in [0.25, 0.3) is 11.8 Å². The van der Waals surface area contributed by atoms with Gasteiger partial charge >= 0.3 is 6.03 Å². The fourth-order valence-electron chi connectivity index (χ4n) is 1.79. The number of ether oxygens (including phenoxy) is 2. The Balaban J connectivity index is 2.45. The van der Waals surface area contributed by atoms with Crippen molar-refractivity contribution in [2.75, 3.05) is 14.2 Å². The van der Waals surface area contributed by atoms with Crippen LogP contribution in [0.15, 0.2) is 22.2 Å². The third-order valence-electron chi connectivity index (χ3n) is 2.71. The first-order valence-electron chi connectivity index (χ1n) is 5.76. The van der Waals surface area contributed by atoms with Crippen LogP contribution in [0.1, 0.15) is 5.56 Å². The zero-order valence-corrected chi connectivity index (χ0v) is 12.7. The molecule has 2 rings (SSSR count). The summed E-state index contributed by atoms with van der Waals surface area (Å²) in [5.74, 6) is -0.580. The Morgan fingerprint density at radius 3 is 2.19 bits per heavy atom. The van der Waals surface area contributed by atoms with Crippen molar-refractivity contribution in [3.63, 3.8) is 0 Å². The molecule has 1 aromatic rings. The summed E-state index contributed by atoms with van der Waals surface area (Å²) >= 11 is 3.31. The van der Waals surface area contributed by atoms with Crippen LogP contribution in [0.2, 0.25) is 0 Å². The largest absolute Gasteiger partial charge is 0.493 e. The molecule has 0 spiro atoms. The van der Waals surface area contributed by atoms with Gasteiger partial charge in [-0.15, -0.1) is 0 Å². The molecule has 0 unspecified atom stereocenters. The lowest BCUT2D eigenvalue weighted by Crippen LogP contribution is -2.51. The second-order valence-electron chi connectivity index (χ2n) is 4.03. The molecule has 7 nitrogen and oxygen atoms in total. The number of halogens is 1. The minimum Gasteiger partial charge on any atom is -0.493 e. The Bertz CT molecular complexity index is 647. The third kappa shape index (κ3) is 3.05. The van der Waals surface area contributed by atoms with Crippen molar-refractivity contribution in [3.05, 3.63) is 27.7 Å². The maximum absolute atomic E-state index is 11.7. The summed E-state index contributed by atoms with van der Waals surface area (Å²) in [6.07, 6.45) is 1.35. The molecule has 1 fully saturated rings. The van der Waals surface area contributed by atoms with Gasteiger partial charge in [0.15, 0.2) is 11.5 Å². The topological polar surface area (TPSA) is 93.7 Å². The lowest BCUT2D eigenvalue weighted by atomic mass is 10.1. The van der Waals surface area contributed by atoms with Crippen molar-refractivity contribution >= 4 is 39.9 Å². The van der Waals surface area contributed by atoms with Gasteiger partial charge in [0.2, 0.25) is 0 Å². The minimum absolute atomic E-state index is 0.172. The SMILES string of the molecule is COc1cc(C=C2C(=O)NC(=O)NC2=O)cc(Br)c1OC. The van der Waals surface area contributed by atoms with Gasteiger partial charge in [-0.25, -0.2) is 4.79 Å². The highest BCUT2D eigenvalue weighted by atomic mass is 79.9. The number of rotatable bonds is 3. The van der Waals surface area contributed by atoms with Gasteiger partial charge in [-0.05, 0) is 39.7 Å². The van der Waals surface area contributed by atoms with E-state index in [9.17, 15) is 14.4 Å². The van der Waals surface area contributed by atoms with Crippen molar-refractivity contribution in [1.82, 2.24) is 10.6 Å². The van der Waals surface area contributed by atoms with Crippen molar-refractivity contribution in [2.24, 2.45) is 0 Å². The molecular formula is C13H11BrN2O5. The predicted molar refractivity (Wildman–Crippen MR) is 76.9 cm³/mol. The smallest absolute Gasteiger partial charge is 0.328 e. The first-order chi connectivity index (χ1) is 9.96. The average Bonchev–Trinajstić information content (AvgIpc) is 2.42. The van der Waals surface area contributed by atoms with Crippen LogP contribution in [0.5, 0.6) is 11.5 Å². The third-order valence-corrected chi connectivity index (χ3v) is 3.30. The molecule has 21 heavy (non-hydrogen) atoms. The molecule has 0 aliphatic carbocycles. The predicted octanol–water partition coefficient (Wildman–Crippen LogP) is 1.22. The fraction of sp³-hybridized carbons (Fsp3) is 0.154. The molecule has 0 bridgehead atoms. The van der Waals surface area contributed by atoms with E-state index in [2.05, 4.69) is 15.9 Å². The molecular weight excluding hydrogens is 344 g/mol. The molecule has 8 heteroatoms. The van der Waals surface area contributed by atoms with E-state index in [1.165, 1.54) is 20.3 Å². The Kier molecular flexibility index (Phi) is 4.27. The summed E-state index contributed by atoms with van der Waals surface area (Å²) < 4.78 is 11.0. The maximum Gasteiger partial charge on any atom is 0.328 e. The van der Waals surface area contributed by atoms with E-state index in [0.717, 1.165) is 0 Å². The lowest BCUT2D eigenvalue weighted by Gasteiger charge is -2.15. The molecule has 1 aromatic carbocycles. The van der Waals surface area contributed by atoms with E-state index in [-0.39, 0.29) is 5.57 Å². The number of barbiturate groups is 1. The second-order valence-corrected chi connectivity index (χ2v) is 4.89. The van der Waals surface area contributed by atoms with Crippen LogP contribution in [-0.2, 0) is 9.59 Å². The summed E-state index contributed by atoms with van der Waals surface area (Å²) in [6, 6.07) is 2.43. The van der Waals surface area contributed by atoms with Gasteiger partial charge in [0.05, 0.1) is 18.7 Å². The van der Waals surface area contributed by atoms with Gasteiger partial charge in [-0.3, -0.25) is 20.2 Å². The summed E-state index contributed by atoms with van der Waals surface area (Å²) in [4.78, 5) is 34.3. The number of urea groups is 1. The summed E-state index contributed by atoms with van der Waals surface area (Å²) in [7, 11) is 2.97. The molecule has 0 radical (unpaired) electrons. The van der Waals surface area contributed by atoms with E-state index in [1.807, 2.05) is 10.6 Å². The first kappa shape index (κ1) is 15.0. The number of methoxy groups -OCH3 is 2. The Hall–Kier alpha value is -2.35. The lowest BCUT2D eigenvalue weighted by molar-refractivity contribution is -0.123. The average molecular weight is 355 g/mol. The highest BCUT2D eigenvalue weighted by Gasteiger charge is 2.27. The number of hydrogen-bond donors (Lipinski definition) is 2. The van der Waals surface area contributed by atoms with E-state index >= 15 is 0 Å².